The molecule has 2 N–H and O–H groups in total. The van der Waals surface area contributed by atoms with Crippen molar-refractivity contribution in [1.82, 2.24) is 4.90 Å². The van der Waals surface area contributed by atoms with Gasteiger partial charge >= 0.3 is 0 Å². The molecule has 0 bridgehead atoms. The quantitative estimate of drug-likeness (QED) is 0.861. The fourth-order valence-corrected chi connectivity index (χ4v) is 2.08. The minimum Gasteiger partial charge on any atom is -0.490 e. The van der Waals surface area contributed by atoms with Crippen LogP contribution >= 0.6 is 15.9 Å². The van der Waals surface area contributed by atoms with Crippen molar-refractivity contribution in [2.45, 2.75) is 0 Å². The second kappa shape index (κ2) is 6.23. The van der Waals surface area contributed by atoms with E-state index < -0.39 is 0 Å². The molecule has 4 nitrogen and oxygen atoms in total. The summed E-state index contributed by atoms with van der Waals surface area (Å²) in [7, 11) is 0. The van der Waals surface area contributed by atoms with E-state index in [0.29, 0.717) is 12.3 Å². The van der Waals surface area contributed by atoms with Gasteiger partial charge in [-0.05, 0) is 18.2 Å². The molecule has 1 heterocycles. The second-order valence-corrected chi connectivity index (χ2v) is 4.90. The van der Waals surface area contributed by atoms with Crippen LogP contribution in [0.25, 0.3) is 0 Å². The summed E-state index contributed by atoms with van der Waals surface area (Å²) in [5.41, 5.74) is 6.51. The average molecular weight is 301 g/mol. The van der Waals surface area contributed by atoms with Crippen LogP contribution in [0.4, 0.5) is 5.69 Å². The molecule has 0 amide bonds. The summed E-state index contributed by atoms with van der Waals surface area (Å²) in [4.78, 5) is 2.33. The lowest BCUT2D eigenvalue weighted by atomic mass is 10.3. The van der Waals surface area contributed by atoms with Gasteiger partial charge in [0.1, 0.15) is 12.4 Å². The third kappa shape index (κ3) is 3.87. The van der Waals surface area contributed by atoms with Crippen LogP contribution in [0.3, 0.4) is 0 Å². The number of halogens is 1. The van der Waals surface area contributed by atoms with Crippen molar-refractivity contribution in [2.75, 3.05) is 45.2 Å². The Hall–Kier alpha value is -0.780. The standard InChI is InChI=1S/C12H17BrN2O2/c13-10-1-2-11(14)12(9-10)17-8-5-15-3-6-16-7-4-15/h1-2,9H,3-8,14H2. The van der Waals surface area contributed by atoms with E-state index in [2.05, 4.69) is 20.8 Å². The van der Waals surface area contributed by atoms with Gasteiger partial charge in [-0.1, -0.05) is 15.9 Å². The molecule has 1 fully saturated rings. The Morgan fingerprint density at radius 3 is 2.88 bits per heavy atom. The molecule has 0 radical (unpaired) electrons. The van der Waals surface area contributed by atoms with Gasteiger partial charge < -0.3 is 15.2 Å². The van der Waals surface area contributed by atoms with Crippen LogP contribution < -0.4 is 10.5 Å². The van der Waals surface area contributed by atoms with E-state index in [1.165, 1.54) is 0 Å². The van der Waals surface area contributed by atoms with Crippen molar-refractivity contribution in [1.29, 1.82) is 0 Å². The van der Waals surface area contributed by atoms with Crippen LogP contribution in [0, 0.1) is 0 Å². The summed E-state index contributed by atoms with van der Waals surface area (Å²) in [6.45, 7) is 5.17. The third-order valence-electron chi connectivity index (χ3n) is 2.74. The molecule has 0 aliphatic carbocycles. The summed E-state index contributed by atoms with van der Waals surface area (Å²) >= 11 is 3.40. The summed E-state index contributed by atoms with van der Waals surface area (Å²) in [6, 6.07) is 5.65. The summed E-state index contributed by atoms with van der Waals surface area (Å²) < 4.78 is 12.0. The van der Waals surface area contributed by atoms with Crippen LogP contribution in [-0.4, -0.2) is 44.4 Å². The monoisotopic (exact) mass is 300 g/mol. The Morgan fingerprint density at radius 2 is 2.12 bits per heavy atom. The number of nitrogens with two attached hydrogens (primary N) is 1. The van der Waals surface area contributed by atoms with E-state index in [4.69, 9.17) is 15.2 Å². The highest BCUT2D eigenvalue weighted by Crippen LogP contribution is 2.25. The molecule has 1 aliphatic rings. The molecule has 0 atom stereocenters. The SMILES string of the molecule is Nc1ccc(Br)cc1OCCN1CCOCC1. The van der Waals surface area contributed by atoms with Gasteiger partial charge in [-0.3, -0.25) is 4.90 Å². The molecular weight excluding hydrogens is 284 g/mol. The smallest absolute Gasteiger partial charge is 0.143 e. The lowest BCUT2D eigenvalue weighted by molar-refractivity contribution is 0.0323. The predicted molar refractivity (Wildman–Crippen MR) is 71.3 cm³/mol. The summed E-state index contributed by atoms with van der Waals surface area (Å²) in [5.74, 6) is 0.743. The minimum atomic E-state index is 0.653. The highest BCUT2D eigenvalue weighted by atomic mass is 79.9. The molecule has 0 unspecified atom stereocenters. The Kier molecular flexibility index (Phi) is 4.65. The molecule has 1 saturated heterocycles. The fraction of sp³-hybridized carbons (Fsp3) is 0.500. The van der Waals surface area contributed by atoms with Crippen molar-refractivity contribution >= 4 is 21.6 Å². The Balaban J connectivity index is 1.79. The van der Waals surface area contributed by atoms with Gasteiger partial charge in [0.15, 0.2) is 0 Å². The number of nitrogens with zero attached hydrogens (tertiary/aromatic N) is 1. The topological polar surface area (TPSA) is 47.7 Å². The molecule has 94 valence electrons. The van der Waals surface area contributed by atoms with E-state index in [0.717, 1.165) is 43.1 Å². The molecular formula is C12H17BrN2O2. The van der Waals surface area contributed by atoms with Crippen LogP contribution in [0.2, 0.25) is 0 Å². The zero-order chi connectivity index (χ0) is 12.1. The summed E-state index contributed by atoms with van der Waals surface area (Å²) in [6.07, 6.45) is 0. The van der Waals surface area contributed by atoms with Gasteiger partial charge in [0.05, 0.1) is 18.9 Å². The first-order valence-corrected chi connectivity index (χ1v) is 6.53. The third-order valence-corrected chi connectivity index (χ3v) is 3.24. The molecule has 1 aromatic rings. The predicted octanol–water partition coefficient (Wildman–Crippen LogP) is 1.74. The second-order valence-electron chi connectivity index (χ2n) is 3.98. The van der Waals surface area contributed by atoms with Crippen molar-refractivity contribution in [2.24, 2.45) is 0 Å². The first kappa shape index (κ1) is 12.7. The van der Waals surface area contributed by atoms with Crippen LogP contribution in [-0.2, 0) is 4.74 Å². The molecule has 17 heavy (non-hydrogen) atoms. The van der Waals surface area contributed by atoms with E-state index in [-0.39, 0.29) is 0 Å². The van der Waals surface area contributed by atoms with Crippen molar-refractivity contribution in [3.05, 3.63) is 22.7 Å². The number of nitrogen functional groups attached to an aromatic ring is 1. The van der Waals surface area contributed by atoms with Gasteiger partial charge in [0.2, 0.25) is 0 Å². The first-order chi connectivity index (χ1) is 8.25. The van der Waals surface area contributed by atoms with Gasteiger partial charge in [0, 0.05) is 24.1 Å². The molecule has 0 spiro atoms. The molecule has 0 saturated carbocycles. The number of hydrogen-bond donors (Lipinski definition) is 1. The van der Waals surface area contributed by atoms with Gasteiger partial charge in [-0.25, -0.2) is 0 Å². The lowest BCUT2D eigenvalue weighted by Crippen LogP contribution is -2.38. The summed E-state index contributed by atoms with van der Waals surface area (Å²) in [5, 5.41) is 0. The minimum absolute atomic E-state index is 0.653. The van der Waals surface area contributed by atoms with Crippen LogP contribution in [0.1, 0.15) is 0 Å². The number of rotatable bonds is 4. The van der Waals surface area contributed by atoms with Gasteiger partial charge in [-0.2, -0.15) is 0 Å². The number of benzene rings is 1. The van der Waals surface area contributed by atoms with Crippen molar-refractivity contribution < 1.29 is 9.47 Å². The van der Waals surface area contributed by atoms with E-state index in [1.54, 1.807) is 0 Å². The Morgan fingerprint density at radius 1 is 1.35 bits per heavy atom. The zero-order valence-corrected chi connectivity index (χ0v) is 11.3. The lowest BCUT2D eigenvalue weighted by Gasteiger charge is -2.26. The average Bonchev–Trinajstić information content (AvgIpc) is 2.35. The van der Waals surface area contributed by atoms with E-state index in [9.17, 15) is 0 Å². The fourth-order valence-electron chi connectivity index (χ4n) is 1.74. The zero-order valence-electron chi connectivity index (χ0n) is 9.69. The number of morpholine rings is 1. The van der Waals surface area contributed by atoms with Crippen LogP contribution in [0.15, 0.2) is 22.7 Å². The van der Waals surface area contributed by atoms with Gasteiger partial charge in [-0.15, -0.1) is 0 Å². The number of anilines is 1. The maximum Gasteiger partial charge on any atom is 0.143 e. The maximum atomic E-state index is 5.83. The number of ether oxygens (including phenoxy) is 2. The molecule has 1 aliphatic heterocycles. The normalized spacial score (nSPS) is 17.0. The highest BCUT2D eigenvalue weighted by Gasteiger charge is 2.10. The maximum absolute atomic E-state index is 5.83. The Bertz CT molecular complexity index is 368. The van der Waals surface area contributed by atoms with Crippen molar-refractivity contribution in [3.8, 4) is 5.75 Å². The Labute approximate surface area is 110 Å². The molecule has 0 aromatic heterocycles. The van der Waals surface area contributed by atoms with Crippen LogP contribution in [0.5, 0.6) is 5.75 Å². The van der Waals surface area contributed by atoms with E-state index >= 15 is 0 Å². The molecule has 1 aromatic carbocycles. The molecule has 5 heteroatoms. The highest BCUT2D eigenvalue weighted by molar-refractivity contribution is 9.10. The largest absolute Gasteiger partial charge is 0.490 e. The first-order valence-electron chi connectivity index (χ1n) is 5.73. The molecule has 2 rings (SSSR count). The van der Waals surface area contributed by atoms with Crippen molar-refractivity contribution in [3.63, 3.8) is 0 Å². The van der Waals surface area contributed by atoms with Gasteiger partial charge in [0.25, 0.3) is 0 Å². The number of hydrogen-bond acceptors (Lipinski definition) is 4. The van der Waals surface area contributed by atoms with E-state index in [1.807, 2.05) is 18.2 Å².